The van der Waals surface area contributed by atoms with Crippen molar-refractivity contribution in [2.75, 3.05) is 32.8 Å². The minimum atomic E-state index is -0.324. The fourth-order valence-corrected chi connectivity index (χ4v) is 3.15. The highest BCUT2D eigenvalue weighted by Crippen LogP contribution is 2.07. The summed E-state index contributed by atoms with van der Waals surface area (Å²) in [6.07, 6.45) is 2.73. The zero-order valence-corrected chi connectivity index (χ0v) is 16.6. The third-order valence-electron chi connectivity index (χ3n) is 4.57. The van der Waals surface area contributed by atoms with Gasteiger partial charge in [0.05, 0.1) is 32.4 Å². The lowest BCUT2D eigenvalue weighted by Gasteiger charge is -2.31. The molecule has 2 aromatic heterocycles. The molecule has 156 valence electrons. The number of carbonyl (C=O) groups is 2. The fraction of sp³-hybridized carbons (Fsp3) is 0.450. The summed E-state index contributed by atoms with van der Waals surface area (Å²) in [5.41, 5.74) is -0.324. The zero-order valence-electron chi connectivity index (χ0n) is 16.6. The summed E-state index contributed by atoms with van der Waals surface area (Å²) >= 11 is 0. The Bertz CT molecular complexity index is 882. The van der Waals surface area contributed by atoms with Gasteiger partial charge in [0.2, 0.25) is 11.2 Å². The predicted octanol–water partition coefficient (Wildman–Crippen LogP) is -0.323. The summed E-state index contributed by atoms with van der Waals surface area (Å²) in [5.74, 6) is 0.488. The van der Waals surface area contributed by atoms with Crippen molar-refractivity contribution in [1.29, 1.82) is 0 Å². The van der Waals surface area contributed by atoms with Crippen LogP contribution in [0.3, 0.4) is 0 Å². The van der Waals surface area contributed by atoms with Crippen molar-refractivity contribution in [3.05, 3.63) is 52.5 Å². The van der Waals surface area contributed by atoms with Crippen LogP contribution < -0.4 is 20.4 Å². The molecule has 1 saturated heterocycles. The van der Waals surface area contributed by atoms with Gasteiger partial charge in [0.1, 0.15) is 12.8 Å². The number of piperazine rings is 1. The fourth-order valence-electron chi connectivity index (χ4n) is 3.15. The standard InChI is InChI=1S/C20H25N3O6/c1-14(2)21-19(25)13-29-18-12-28-15(10-16(18)24)11-22-5-7-23(8-6-22)20(26)17-4-3-9-27-17/h3-4,9-10,12,14H,5-8,11,13H2,1-2H3,(H,21,25)/p+1. The molecule has 29 heavy (non-hydrogen) atoms. The molecule has 0 spiro atoms. The monoisotopic (exact) mass is 404 g/mol. The van der Waals surface area contributed by atoms with Crippen LogP contribution >= 0.6 is 0 Å². The number of nitrogens with one attached hydrogen (secondary N) is 2. The van der Waals surface area contributed by atoms with Gasteiger partial charge in [0.15, 0.2) is 18.1 Å². The Morgan fingerprint density at radius 3 is 2.66 bits per heavy atom. The van der Waals surface area contributed by atoms with Gasteiger partial charge in [-0.1, -0.05) is 0 Å². The zero-order chi connectivity index (χ0) is 20.8. The molecule has 1 aliphatic rings. The second-order valence-electron chi connectivity index (χ2n) is 7.28. The summed E-state index contributed by atoms with van der Waals surface area (Å²) < 4.78 is 15.9. The lowest BCUT2D eigenvalue weighted by atomic mass is 10.2. The molecule has 2 N–H and O–H groups in total. The van der Waals surface area contributed by atoms with Gasteiger partial charge < -0.3 is 28.7 Å². The van der Waals surface area contributed by atoms with Gasteiger partial charge in [0, 0.05) is 12.1 Å². The topological polar surface area (TPSA) is 106 Å². The van der Waals surface area contributed by atoms with E-state index in [9.17, 15) is 14.4 Å². The molecule has 1 fully saturated rings. The Morgan fingerprint density at radius 1 is 1.28 bits per heavy atom. The Hall–Kier alpha value is -3.07. The van der Waals surface area contributed by atoms with Crippen molar-refractivity contribution in [2.24, 2.45) is 0 Å². The molecule has 9 nitrogen and oxygen atoms in total. The van der Waals surface area contributed by atoms with Crippen LogP contribution in [0, 0.1) is 0 Å². The third-order valence-corrected chi connectivity index (χ3v) is 4.57. The van der Waals surface area contributed by atoms with Crippen LogP contribution in [0.5, 0.6) is 5.75 Å². The van der Waals surface area contributed by atoms with E-state index in [0.717, 1.165) is 13.1 Å². The van der Waals surface area contributed by atoms with Crippen molar-refractivity contribution in [1.82, 2.24) is 10.2 Å². The smallest absolute Gasteiger partial charge is 0.289 e. The van der Waals surface area contributed by atoms with Crippen molar-refractivity contribution in [3.63, 3.8) is 0 Å². The van der Waals surface area contributed by atoms with E-state index in [2.05, 4.69) is 5.32 Å². The highest BCUT2D eigenvalue weighted by Gasteiger charge is 2.26. The van der Waals surface area contributed by atoms with Gasteiger partial charge in [-0.05, 0) is 26.0 Å². The maximum Gasteiger partial charge on any atom is 0.289 e. The molecule has 2 amide bonds. The predicted molar refractivity (Wildman–Crippen MR) is 103 cm³/mol. The van der Waals surface area contributed by atoms with E-state index in [4.69, 9.17) is 13.6 Å². The van der Waals surface area contributed by atoms with E-state index in [1.165, 1.54) is 23.5 Å². The van der Waals surface area contributed by atoms with E-state index in [-0.39, 0.29) is 35.6 Å². The Labute approximate surface area is 168 Å². The van der Waals surface area contributed by atoms with Gasteiger partial charge >= 0.3 is 0 Å². The number of quaternary nitrogens is 1. The van der Waals surface area contributed by atoms with Crippen molar-refractivity contribution >= 4 is 11.8 Å². The number of rotatable bonds is 7. The van der Waals surface area contributed by atoms with Crippen LogP contribution in [0.1, 0.15) is 30.2 Å². The summed E-state index contributed by atoms with van der Waals surface area (Å²) in [5, 5.41) is 2.68. The van der Waals surface area contributed by atoms with Crippen LogP contribution in [-0.2, 0) is 11.3 Å². The van der Waals surface area contributed by atoms with Crippen molar-refractivity contribution in [3.8, 4) is 5.75 Å². The summed E-state index contributed by atoms with van der Waals surface area (Å²) in [7, 11) is 0. The maximum atomic E-state index is 12.3. The molecule has 0 unspecified atom stereocenters. The Balaban J connectivity index is 1.49. The van der Waals surface area contributed by atoms with E-state index >= 15 is 0 Å². The molecule has 9 heteroatoms. The average Bonchev–Trinajstić information content (AvgIpc) is 3.22. The van der Waals surface area contributed by atoms with Crippen molar-refractivity contribution < 1.29 is 28.1 Å². The highest BCUT2D eigenvalue weighted by molar-refractivity contribution is 5.91. The molecule has 3 rings (SSSR count). The first-order valence-electron chi connectivity index (χ1n) is 9.62. The second-order valence-corrected chi connectivity index (χ2v) is 7.28. The van der Waals surface area contributed by atoms with Gasteiger partial charge in [-0.15, -0.1) is 0 Å². The molecule has 0 radical (unpaired) electrons. The third kappa shape index (κ3) is 5.71. The van der Waals surface area contributed by atoms with Gasteiger partial charge in [-0.25, -0.2) is 0 Å². The normalized spacial score (nSPS) is 14.8. The van der Waals surface area contributed by atoms with E-state index in [0.29, 0.717) is 31.2 Å². The van der Waals surface area contributed by atoms with E-state index in [1.807, 2.05) is 13.8 Å². The molecular formula is C20H26N3O6+. The number of carbonyl (C=O) groups excluding carboxylic acids is 2. The van der Waals surface area contributed by atoms with Crippen LogP contribution in [0.4, 0.5) is 0 Å². The molecular weight excluding hydrogens is 378 g/mol. The van der Waals surface area contributed by atoms with Gasteiger partial charge in [0.25, 0.3) is 11.8 Å². The first-order valence-corrected chi connectivity index (χ1v) is 9.62. The second kappa shape index (κ2) is 9.42. The molecule has 2 aromatic rings. The Morgan fingerprint density at radius 2 is 2.03 bits per heavy atom. The van der Waals surface area contributed by atoms with Crippen LogP contribution in [-0.4, -0.2) is 55.5 Å². The molecule has 1 aliphatic heterocycles. The number of hydrogen-bond acceptors (Lipinski definition) is 6. The number of furan rings is 1. The minimum Gasteiger partial charge on any atom is -0.477 e. The lowest BCUT2D eigenvalue weighted by molar-refractivity contribution is -0.918. The lowest BCUT2D eigenvalue weighted by Crippen LogP contribution is -3.13. The number of hydrogen-bond donors (Lipinski definition) is 2. The van der Waals surface area contributed by atoms with Crippen molar-refractivity contribution in [2.45, 2.75) is 26.4 Å². The number of amides is 2. The molecule has 0 atom stereocenters. The van der Waals surface area contributed by atoms with E-state index in [1.54, 1.807) is 17.0 Å². The maximum absolute atomic E-state index is 12.3. The van der Waals surface area contributed by atoms with Gasteiger partial charge in [-0.3, -0.25) is 14.4 Å². The van der Waals surface area contributed by atoms with Crippen LogP contribution in [0.25, 0.3) is 0 Å². The number of nitrogens with zero attached hydrogens (tertiary/aromatic N) is 1. The number of ether oxygens (including phenoxy) is 1. The largest absolute Gasteiger partial charge is 0.477 e. The molecule has 0 aromatic carbocycles. The summed E-state index contributed by atoms with van der Waals surface area (Å²) in [4.78, 5) is 39.1. The molecule has 0 aliphatic carbocycles. The van der Waals surface area contributed by atoms with Crippen LogP contribution in [0.15, 0.2) is 44.4 Å². The van der Waals surface area contributed by atoms with Crippen LogP contribution in [0.2, 0.25) is 0 Å². The van der Waals surface area contributed by atoms with Gasteiger partial charge in [-0.2, -0.15) is 0 Å². The highest BCUT2D eigenvalue weighted by atomic mass is 16.5. The average molecular weight is 404 g/mol. The summed E-state index contributed by atoms with van der Waals surface area (Å²) in [6.45, 7) is 6.67. The quantitative estimate of drug-likeness (QED) is 0.655. The summed E-state index contributed by atoms with van der Waals surface area (Å²) in [6, 6.07) is 4.75. The molecule has 3 heterocycles. The minimum absolute atomic E-state index is 0.00250. The molecule has 0 saturated carbocycles. The first kappa shape index (κ1) is 20.7. The first-order chi connectivity index (χ1) is 13.9. The molecule has 0 bridgehead atoms. The SMILES string of the molecule is CC(C)NC(=O)COc1coc(C[NH+]2CCN(C(=O)c3ccco3)CC2)cc1=O. The Kier molecular flexibility index (Phi) is 6.71. The van der Waals surface area contributed by atoms with E-state index < -0.39 is 0 Å².